The van der Waals surface area contributed by atoms with Gasteiger partial charge in [0.05, 0.1) is 33.9 Å². The fourth-order valence-electron chi connectivity index (χ4n) is 3.37. The van der Waals surface area contributed by atoms with Crippen LogP contribution in [0, 0.1) is 5.92 Å². The van der Waals surface area contributed by atoms with Gasteiger partial charge in [-0.05, 0) is 30.4 Å². The van der Waals surface area contributed by atoms with Crippen LogP contribution in [0.1, 0.15) is 24.4 Å². The van der Waals surface area contributed by atoms with Gasteiger partial charge in [0, 0.05) is 0 Å². The van der Waals surface area contributed by atoms with Crippen molar-refractivity contribution in [3.8, 4) is 0 Å². The smallest absolute Gasteiger partial charge is 0.212 e. The normalized spacial score (nSPS) is 28.3. The Morgan fingerprint density at radius 3 is 2.50 bits per heavy atom. The first-order valence-electron chi connectivity index (χ1n) is 7.60. The van der Waals surface area contributed by atoms with Gasteiger partial charge in [0.1, 0.15) is 0 Å². The van der Waals surface area contributed by atoms with Crippen LogP contribution in [-0.4, -0.2) is 48.3 Å². The third kappa shape index (κ3) is 3.81. The zero-order valence-electron chi connectivity index (χ0n) is 12.9. The van der Waals surface area contributed by atoms with E-state index in [9.17, 15) is 25.3 Å². The molecule has 0 amide bonds. The molecular formula is C14H19NO6S3. The molecule has 0 aliphatic carbocycles. The van der Waals surface area contributed by atoms with Crippen molar-refractivity contribution in [3.05, 3.63) is 29.8 Å². The molecule has 2 atom stereocenters. The first kappa shape index (κ1) is 17.8. The van der Waals surface area contributed by atoms with Crippen LogP contribution in [0.25, 0.3) is 0 Å². The average molecular weight is 394 g/mol. The molecule has 10 heteroatoms. The summed E-state index contributed by atoms with van der Waals surface area (Å²) in [5.74, 6) is -1.09. The van der Waals surface area contributed by atoms with E-state index in [1.807, 2.05) is 0 Å². The lowest BCUT2D eigenvalue weighted by molar-refractivity contribution is 0.502. The minimum Gasteiger partial charge on any atom is -0.229 e. The molecule has 1 aromatic rings. The Bertz CT molecular complexity index is 950. The molecule has 0 bridgehead atoms. The average Bonchev–Trinajstić information content (AvgIpc) is 2.68. The number of benzene rings is 1. The maximum atomic E-state index is 12.4. The summed E-state index contributed by atoms with van der Waals surface area (Å²) < 4.78 is 74.7. The van der Waals surface area contributed by atoms with Crippen LogP contribution in [0.15, 0.2) is 29.2 Å². The van der Waals surface area contributed by atoms with E-state index in [1.165, 1.54) is 6.07 Å². The lowest BCUT2D eigenvalue weighted by atomic mass is 10.1. The first-order valence-corrected chi connectivity index (χ1v) is 12.7. The standard InChI is InChI=1S/C14H19NO6S3/c16-22(17)7-3-4-11(8-22)9-24(20,21)15-13-10-23(18,19)14-6-2-1-5-12(13)14/h1-2,5-6,11,13,15H,3-4,7-10H2. The van der Waals surface area contributed by atoms with Crippen LogP contribution < -0.4 is 4.72 Å². The quantitative estimate of drug-likeness (QED) is 0.785. The number of sulfone groups is 2. The summed E-state index contributed by atoms with van der Waals surface area (Å²) in [4.78, 5) is 0.151. The maximum Gasteiger partial charge on any atom is 0.212 e. The second-order valence-electron chi connectivity index (χ2n) is 6.39. The van der Waals surface area contributed by atoms with E-state index in [1.54, 1.807) is 18.2 Å². The molecule has 1 saturated heterocycles. The summed E-state index contributed by atoms with van der Waals surface area (Å²) in [6.07, 6.45) is 1.00. The Labute approximate surface area is 142 Å². The molecule has 1 N–H and O–H groups in total. The molecule has 7 nitrogen and oxygen atoms in total. The molecule has 1 fully saturated rings. The van der Waals surface area contributed by atoms with Crippen molar-refractivity contribution in [2.75, 3.05) is 23.0 Å². The summed E-state index contributed by atoms with van der Waals surface area (Å²) >= 11 is 0. The van der Waals surface area contributed by atoms with Gasteiger partial charge >= 0.3 is 0 Å². The van der Waals surface area contributed by atoms with Crippen molar-refractivity contribution in [2.45, 2.75) is 23.8 Å². The van der Waals surface area contributed by atoms with Gasteiger partial charge in [-0.15, -0.1) is 0 Å². The van der Waals surface area contributed by atoms with E-state index in [4.69, 9.17) is 0 Å². The Balaban J connectivity index is 1.76. The van der Waals surface area contributed by atoms with Gasteiger partial charge in [0.15, 0.2) is 19.7 Å². The third-order valence-electron chi connectivity index (χ3n) is 4.35. The maximum absolute atomic E-state index is 12.4. The van der Waals surface area contributed by atoms with Crippen LogP contribution in [-0.2, 0) is 29.7 Å². The molecule has 3 rings (SSSR count). The monoisotopic (exact) mass is 393 g/mol. The molecule has 2 unspecified atom stereocenters. The van der Waals surface area contributed by atoms with Crippen LogP contribution in [0.2, 0.25) is 0 Å². The highest BCUT2D eigenvalue weighted by Gasteiger charge is 2.37. The van der Waals surface area contributed by atoms with Crippen molar-refractivity contribution in [1.29, 1.82) is 0 Å². The molecule has 0 spiro atoms. The van der Waals surface area contributed by atoms with E-state index in [0.29, 0.717) is 18.4 Å². The van der Waals surface area contributed by atoms with E-state index in [0.717, 1.165) is 0 Å². The molecule has 1 aromatic carbocycles. The predicted molar refractivity (Wildman–Crippen MR) is 89.5 cm³/mol. The number of hydrogen-bond donors (Lipinski definition) is 1. The number of hydrogen-bond acceptors (Lipinski definition) is 6. The summed E-state index contributed by atoms with van der Waals surface area (Å²) in [7, 11) is -10.5. The van der Waals surface area contributed by atoms with Crippen molar-refractivity contribution in [3.63, 3.8) is 0 Å². The highest BCUT2D eigenvalue weighted by molar-refractivity contribution is 7.92. The third-order valence-corrected chi connectivity index (χ3v) is 9.61. The Morgan fingerprint density at radius 1 is 1.08 bits per heavy atom. The van der Waals surface area contributed by atoms with E-state index < -0.39 is 41.7 Å². The van der Waals surface area contributed by atoms with Gasteiger partial charge in [-0.3, -0.25) is 0 Å². The number of rotatable bonds is 4. The summed E-state index contributed by atoms with van der Waals surface area (Å²) in [6, 6.07) is 5.50. The lowest BCUT2D eigenvalue weighted by Gasteiger charge is -2.22. The summed E-state index contributed by atoms with van der Waals surface area (Å²) in [5, 5.41) is 0. The fraction of sp³-hybridized carbons (Fsp3) is 0.571. The van der Waals surface area contributed by atoms with Crippen LogP contribution in [0.4, 0.5) is 0 Å². The van der Waals surface area contributed by atoms with E-state index in [2.05, 4.69) is 4.72 Å². The van der Waals surface area contributed by atoms with Crippen molar-refractivity contribution in [2.24, 2.45) is 5.92 Å². The van der Waals surface area contributed by atoms with Gasteiger partial charge in [-0.1, -0.05) is 18.2 Å². The van der Waals surface area contributed by atoms with Crippen LogP contribution in [0.3, 0.4) is 0 Å². The second kappa shape index (κ2) is 6.08. The molecule has 0 aromatic heterocycles. The van der Waals surface area contributed by atoms with Crippen molar-refractivity contribution < 1.29 is 25.3 Å². The molecule has 0 saturated carbocycles. The molecule has 2 aliphatic heterocycles. The van der Waals surface area contributed by atoms with Crippen molar-refractivity contribution in [1.82, 2.24) is 4.72 Å². The van der Waals surface area contributed by atoms with Gasteiger partial charge in [0.2, 0.25) is 10.0 Å². The molecular weight excluding hydrogens is 374 g/mol. The van der Waals surface area contributed by atoms with Crippen molar-refractivity contribution >= 4 is 29.7 Å². The minimum absolute atomic E-state index is 0.102. The highest BCUT2D eigenvalue weighted by Crippen LogP contribution is 2.33. The van der Waals surface area contributed by atoms with E-state index in [-0.39, 0.29) is 27.9 Å². The molecule has 24 heavy (non-hydrogen) atoms. The largest absolute Gasteiger partial charge is 0.229 e. The first-order chi connectivity index (χ1) is 11.1. The highest BCUT2D eigenvalue weighted by atomic mass is 32.2. The molecule has 2 aliphatic rings. The topological polar surface area (TPSA) is 114 Å². The van der Waals surface area contributed by atoms with Crippen LogP contribution >= 0.6 is 0 Å². The van der Waals surface area contributed by atoms with Crippen LogP contribution in [0.5, 0.6) is 0 Å². The van der Waals surface area contributed by atoms with Gasteiger partial charge in [-0.2, -0.15) is 0 Å². The number of fused-ring (bicyclic) bond motifs is 1. The Hall–Kier alpha value is -0.970. The summed E-state index contributed by atoms with van der Waals surface area (Å²) in [5.41, 5.74) is 0.442. The lowest BCUT2D eigenvalue weighted by Crippen LogP contribution is -2.37. The van der Waals surface area contributed by atoms with Gasteiger partial charge in [0.25, 0.3) is 0 Å². The zero-order valence-corrected chi connectivity index (χ0v) is 15.3. The molecule has 0 radical (unpaired) electrons. The summed E-state index contributed by atoms with van der Waals surface area (Å²) in [6.45, 7) is 0. The molecule has 2 heterocycles. The second-order valence-corrected chi connectivity index (χ2v) is 12.4. The van der Waals surface area contributed by atoms with Gasteiger partial charge in [-0.25, -0.2) is 30.0 Å². The van der Waals surface area contributed by atoms with E-state index >= 15 is 0 Å². The Morgan fingerprint density at radius 2 is 1.79 bits per heavy atom. The number of nitrogens with one attached hydrogen (secondary N) is 1. The van der Waals surface area contributed by atoms with Gasteiger partial charge < -0.3 is 0 Å². The Kier molecular flexibility index (Phi) is 4.52. The predicted octanol–water partition coefficient (Wildman–Crippen LogP) is 0.259. The fourth-order valence-corrected chi connectivity index (χ4v) is 8.78. The zero-order chi connectivity index (χ0) is 17.6. The number of sulfonamides is 1. The minimum atomic E-state index is -3.79. The SMILES string of the molecule is O=S1(=O)CCCC(CS(=O)(=O)NC2CS(=O)(=O)c3ccccc32)C1. The molecule has 134 valence electrons.